The molecule has 5 heterocycles. The van der Waals surface area contributed by atoms with Crippen LogP contribution in [0.15, 0.2) is 107 Å². The number of hydrogen-bond acceptors (Lipinski definition) is 9. The van der Waals surface area contributed by atoms with Crippen LogP contribution in [0.4, 0.5) is 11.5 Å². The van der Waals surface area contributed by atoms with Crippen molar-refractivity contribution in [2.45, 2.75) is 39.5 Å². The highest BCUT2D eigenvalue weighted by Crippen LogP contribution is 2.64. The summed E-state index contributed by atoms with van der Waals surface area (Å²) in [5.74, 6) is -4.26. The first-order valence-electron chi connectivity index (χ1n) is 20.3. The van der Waals surface area contributed by atoms with E-state index in [0.717, 1.165) is 31.6 Å². The van der Waals surface area contributed by atoms with Gasteiger partial charge in [0, 0.05) is 39.9 Å². The number of rotatable bonds is 5. The number of halogens is 1. The molecule has 7 aromatic rings. The van der Waals surface area contributed by atoms with Gasteiger partial charge >= 0.3 is 0 Å². The van der Waals surface area contributed by atoms with E-state index in [1.807, 2.05) is 68.5 Å². The molecule has 0 radical (unpaired) electrons. The van der Waals surface area contributed by atoms with Crippen molar-refractivity contribution < 1.29 is 28.7 Å². The molecule has 1 saturated carbocycles. The minimum atomic E-state index is -1.34. The first-order valence-corrected chi connectivity index (χ1v) is 21.5. The highest BCUT2D eigenvalue weighted by Gasteiger charge is 2.68. The Hall–Kier alpha value is -6.37. The zero-order valence-electron chi connectivity index (χ0n) is 33.5. The fourth-order valence-electron chi connectivity index (χ4n) is 10.7. The van der Waals surface area contributed by atoms with Crippen molar-refractivity contribution in [2.75, 3.05) is 9.80 Å². The number of thiophene rings is 1. The van der Waals surface area contributed by atoms with E-state index >= 15 is 9.59 Å². The van der Waals surface area contributed by atoms with E-state index in [0.29, 0.717) is 50.4 Å². The Morgan fingerprint density at radius 1 is 0.885 bits per heavy atom. The number of phenols is 1. The molecule has 13 heteroatoms. The summed E-state index contributed by atoms with van der Waals surface area (Å²) in [7, 11) is 1.72. The van der Waals surface area contributed by atoms with Gasteiger partial charge in [0.2, 0.25) is 29.5 Å². The van der Waals surface area contributed by atoms with E-state index in [1.165, 1.54) is 9.80 Å². The molecule has 6 atom stereocenters. The molecule has 0 bridgehead atoms. The molecule has 4 aliphatic rings. The summed E-state index contributed by atoms with van der Waals surface area (Å²) in [6, 6.07) is 27.5. The Morgan fingerprint density at radius 3 is 2.46 bits per heavy atom. The number of hydrogen-bond donors (Lipinski definition) is 1. The topological polar surface area (TPSA) is 139 Å². The predicted molar refractivity (Wildman–Crippen MR) is 233 cm³/mol. The second kappa shape index (κ2) is 13.3. The second-order valence-corrected chi connectivity index (χ2v) is 18.4. The van der Waals surface area contributed by atoms with Crippen LogP contribution < -0.4 is 9.80 Å². The lowest BCUT2D eigenvalue weighted by atomic mass is 9.51. The van der Waals surface area contributed by atoms with Gasteiger partial charge in [0.15, 0.2) is 5.58 Å². The number of carbonyl (C=O) groups is 4. The summed E-state index contributed by atoms with van der Waals surface area (Å²) in [4.78, 5) is 67.3. The third kappa shape index (κ3) is 5.27. The summed E-state index contributed by atoms with van der Waals surface area (Å²) in [6.07, 6.45) is 2.45. The number of fused-ring (bicyclic) bond motifs is 6. The zero-order chi connectivity index (χ0) is 42.2. The average molecular weight is 848 g/mol. The number of benzene rings is 4. The van der Waals surface area contributed by atoms with Crippen LogP contribution in [0.5, 0.6) is 5.75 Å². The molecule has 2 saturated heterocycles. The van der Waals surface area contributed by atoms with Crippen LogP contribution in [0.2, 0.25) is 5.02 Å². The smallest absolute Gasteiger partial charge is 0.242 e. The Balaban J connectivity index is 0.971. The lowest BCUT2D eigenvalue weighted by Crippen LogP contribution is -2.49. The third-order valence-corrected chi connectivity index (χ3v) is 15.3. The number of oxazole rings is 1. The van der Waals surface area contributed by atoms with Crippen LogP contribution in [0.25, 0.3) is 43.2 Å². The molecule has 4 aromatic carbocycles. The number of aryl methyl sites for hydroxylation is 3. The second-order valence-electron chi connectivity index (χ2n) is 16.9. The predicted octanol–water partition coefficient (Wildman–Crippen LogP) is 9.52. The van der Waals surface area contributed by atoms with Crippen molar-refractivity contribution >= 4 is 79.3 Å². The van der Waals surface area contributed by atoms with Gasteiger partial charge in [-0.3, -0.25) is 28.8 Å². The molecule has 4 amide bonds. The fourth-order valence-corrected chi connectivity index (χ4v) is 12.0. The number of allylic oxidation sites excluding steroid dienone is 2. The van der Waals surface area contributed by atoms with Crippen LogP contribution in [-0.2, 0) is 26.2 Å². The van der Waals surface area contributed by atoms with E-state index < -0.39 is 46.8 Å². The zero-order valence-corrected chi connectivity index (χ0v) is 35.1. The number of aromatic nitrogens is 3. The molecule has 0 spiro atoms. The fraction of sp³-hybridized carbons (Fsp3) is 0.250. The number of aromatic hydroxyl groups is 1. The van der Waals surface area contributed by atoms with Gasteiger partial charge in [-0.15, -0.1) is 11.3 Å². The summed E-state index contributed by atoms with van der Waals surface area (Å²) < 4.78 is 8.56. The normalized spacial score (nSPS) is 24.8. The van der Waals surface area contributed by atoms with Crippen LogP contribution in [0.1, 0.15) is 42.4 Å². The largest absolute Gasteiger partial charge is 0.507 e. The first kappa shape index (κ1) is 37.6. The van der Waals surface area contributed by atoms with Crippen molar-refractivity contribution in [3.8, 4) is 27.8 Å². The van der Waals surface area contributed by atoms with Crippen molar-refractivity contribution in [1.82, 2.24) is 14.8 Å². The van der Waals surface area contributed by atoms with Gasteiger partial charge in [-0.25, -0.2) is 9.88 Å². The molecule has 2 aliphatic heterocycles. The number of para-hydroxylation sites is 3. The number of imide groups is 2. The summed E-state index contributed by atoms with van der Waals surface area (Å²) in [5.41, 5.74) is 4.73. The van der Waals surface area contributed by atoms with E-state index in [-0.39, 0.29) is 30.4 Å². The maximum Gasteiger partial charge on any atom is 0.242 e. The standard InChI is InChI=1S/C48H38ClN5O6S/c1-23-8-7-9-30(41(23)55)40-28-17-18-29-39(46(58)53(44(29)56)27-15-12-25(13-16-27)43-50-34-10-5-6-11-36(34)60-43)32(28)21-33-45(57)54(47(59)48(33,40)3)38-22-35(51-52(38)4)42-24(2)31-20-26(49)14-19-37(31)61-42/h5-17,19-20,22,29,32-33,39-40,55H,18,21H2,1-4H3/t29-,32+,33-,39-,40+,48+/m0/s1. The summed E-state index contributed by atoms with van der Waals surface area (Å²) in [5, 5.41) is 18.2. The number of amides is 4. The molecule has 304 valence electrons. The maximum atomic E-state index is 15.2. The molecule has 61 heavy (non-hydrogen) atoms. The SMILES string of the molecule is Cc1cccc([C@H]2C3=CC[C@@H]4C(=O)N(c5ccc(-c6nc7ccccc7o6)cc5)C(=O)[C@@H]4[C@@H]3C[C@H]3C(=O)N(c4cc(-c5sc6ccc(Cl)cc6c5C)nn4C)C(=O)[C@@]23C)c1O. The Bertz CT molecular complexity index is 3080. The van der Waals surface area contributed by atoms with E-state index in [4.69, 9.17) is 21.1 Å². The molecule has 11 nitrogen and oxygen atoms in total. The van der Waals surface area contributed by atoms with Crippen molar-refractivity contribution in [2.24, 2.45) is 36.1 Å². The molecule has 3 aromatic heterocycles. The monoisotopic (exact) mass is 847 g/mol. The number of phenolic OH excluding ortho intramolecular Hbond substituents is 1. The van der Waals surface area contributed by atoms with Crippen LogP contribution in [-0.4, -0.2) is 43.5 Å². The molecule has 1 N–H and O–H groups in total. The van der Waals surface area contributed by atoms with Gasteiger partial charge in [-0.1, -0.05) is 53.6 Å². The van der Waals surface area contributed by atoms with Gasteiger partial charge in [-0.05, 0) is 111 Å². The molecule has 0 unspecified atom stereocenters. The van der Waals surface area contributed by atoms with Gasteiger partial charge in [-0.2, -0.15) is 5.10 Å². The van der Waals surface area contributed by atoms with Crippen molar-refractivity contribution in [1.29, 1.82) is 0 Å². The van der Waals surface area contributed by atoms with Gasteiger partial charge < -0.3 is 9.52 Å². The van der Waals surface area contributed by atoms with E-state index in [2.05, 4.69) is 4.98 Å². The summed E-state index contributed by atoms with van der Waals surface area (Å²) >= 11 is 7.91. The van der Waals surface area contributed by atoms with Gasteiger partial charge in [0.05, 0.1) is 33.7 Å². The first-order chi connectivity index (χ1) is 29.3. The van der Waals surface area contributed by atoms with Crippen LogP contribution >= 0.6 is 22.9 Å². The quantitative estimate of drug-likeness (QED) is 0.134. The highest BCUT2D eigenvalue weighted by atomic mass is 35.5. The van der Waals surface area contributed by atoms with Crippen LogP contribution in [0.3, 0.4) is 0 Å². The Kier molecular flexibility index (Phi) is 8.21. The highest BCUT2D eigenvalue weighted by molar-refractivity contribution is 7.22. The maximum absolute atomic E-state index is 15.2. The minimum absolute atomic E-state index is 0.0347. The number of carbonyl (C=O) groups excluding carboxylic acids is 4. The molecule has 2 aliphatic carbocycles. The lowest BCUT2D eigenvalue weighted by Gasteiger charge is -2.49. The lowest BCUT2D eigenvalue weighted by molar-refractivity contribution is -0.131. The van der Waals surface area contributed by atoms with Crippen molar-refractivity contribution in [3.63, 3.8) is 0 Å². The average Bonchev–Trinajstić information content (AvgIpc) is 4.04. The number of anilines is 2. The summed E-state index contributed by atoms with van der Waals surface area (Å²) in [6.45, 7) is 5.62. The Labute approximate surface area is 358 Å². The Morgan fingerprint density at radius 2 is 1.67 bits per heavy atom. The van der Waals surface area contributed by atoms with Crippen LogP contribution in [0, 0.1) is 42.9 Å². The molecular formula is C48H38ClN5O6S. The molecule has 11 rings (SSSR count). The van der Waals surface area contributed by atoms with E-state index in [1.54, 1.807) is 72.5 Å². The third-order valence-electron chi connectivity index (χ3n) is 13.7. The molecule has 3 fully saturated rings. The molecular weight excluding hydrogens is 810 g/mol. The van der Waals surface area contributed by atoms with E-state index in [9.17, 15) is 14.7 Å². The minimum Gasteiger partial charge on any atom is -0.507 e. The van der Waals surface area contributed by atoms with Gasteiger partial charge in [0.1, 0.15) is 22.8 Å². The van der Waals surface area contributed by atoms with Gasteiger partial charge in [0.25, 0.3) is 0 Å². The number of nitrogens with zero attached hydrogens (tertiary/aromatic N) is 5. The van der Waals surface area contributed by atoms with Crippen molar-refractivity contribution in [3.05, 3.63) is 124 Å².